The van der Waals surface area contributed by atoms with Crippen molar-refractivity contribution in [3.63, 3.8) is 0 Å². The highest BCUT2D eigenvalue weighted by Crippen LogP contribution is 2.25. The molecular weight excluding hydrogens is 364 g/mol. The summed E-state index contributed by atoms with van der Waals surface area (Å²) >= 11 is 0. The summed E-state index contributed by atoms with van der Waals surface area (Å²) in [5, 5.41) is 0. The van der Waals surface area contributed by atoms with Crippen LogP contribution in [0.15, 0.2) is 71.9 Å². The summed E-state index contributed by atoms with van der Waals surface area (Å²) in [7, 11) is 3.24. The molecule has 0 unspecified atom stereocenters. The molecule has 0 radical (unpaired) electrons. The Labute approximate surface area is 171 Å². The van der Waals surface area contributed by atoms with E-state index in [1.54, 1.807) is 14.2 Å². The van der Waals surface area contributed by atoms with Crippen molar-refractivity contribution < 1.29 is 14.3 Å². The van der Waals surface area contributed by atoms with Gasteiger partial charge in [0.2, 0.25) is 5.91 Å². The van der Waals surface area contributed by atoms with Crippen LogP contribution in [0.1, 0.15) is 23.1 Å². The van der Waals surface area contributed by atoms with Crippen molar-refractivity contribution in [3.05, 3.63) is 89.0 Å². The molecule has 0 bridgehead atoms. The van der Waals surface area contributed by atoms with E-state index in [-0.39, 0.29) is 5.91 Å². The van der Waals surface area contributed by atoms with Crippen LogP contribution in [0.5, 0.6) is 11.5 Å². The van der Waals surface area contributed by atoms with Gasteiger partial charge < -0.3 is 14.0 Å². The van der Waals surface area contributed by atoms with Gasteiger partial charge in [-0.15, -0.1) is 0 Å². The predicted octanol–water partition coefficient (Wildman–Crippen LogP) is 3.92. The molecule has 150 valence electrons. The largest absolute Gasteiger partial charge is 0.497 e. The predicted molar refractivity (Wildman–Crippen MR) is 113 cm³/mol. The highest BCUT2D eigenvalue weighted by Gasteiger charge is 2.08. The average Bonchev–Trinajstić information content (AvgIpc) is 2.75. The summed E-state index contributed by atoms with van der Waals surface area (Å²) in [5.74, 6) is 1.32. The number of pyridine rings is 1. The molecule has 3 rings (SSSR count). The van der Waals surface area contributed by atoms with E-state index in [4.69, 9.17) is 9.47 Å². The molecular formula is C24H26N2O3. The molecule has 0 saturated carbocycles. The van der Waals surface area contributed by atoms with Gasteiger partial charge in [0.1, 0.15) is 17.0 Å². The Hall–Kier alpha value is -3.34. The number of aromatic nitrogens is 1. The molecule has 0 N–H and O–H groups in total. The molecule has 0 saturated heterocycles. The van der Waals surface area contributed by atoms with E-state index < -0.39 is 0 Å². The number of hydrogen-bond donors (Lipinski definition) is 0. The summed E-state index contributed by atoms with van der Waals surface area (Å²) in [6.07, 6.45) is 2.77. The number of ether oxygens (including phenoxy) is 2. The van der Waals surface area contributed by atoms with Crippen LogP contribution in [-0.2, 0) is 17.8 Å². The van der Waals surface area contributed by atoms with Crippen LogP contribution >= 0.6 is 0 Å². The smallest absolute Gasteiger partial charge is 0.247 e. The van der Waals surface area contributed by atoms with E-state index in [0.717, 1.165) is 22.6 Å². The van der Waals surface area contributed by atoms with Crippen molar-refractivity contribution in [1.29, 1.82) is 0 Å². The molecule has 0 aliphatic carbocycles. The quantitative estimate of drug-likeness (QED) is 0.614. The SMILES string of the molecule is COc1ccc(OC)c(CCC(=O)N=c2ccccn2Cc2ccc(C)cc2)c1. The molecule has 1 heterocycles. The first-order chi connectivity index (χ1) is 14.1. The van der Waals surface area contributed by atoms with Gasteiger partial charge >= 0.3 is 0 Å². The Bertz CT molecular complexity index is 1040. The Morgan fingerprint density at radius 1 is 1.00 bits per heavy atom. The molecule has 0 aliphatic rings. The first-order valence-electron chi connectivity index (χ1n) is 9.58. The van der Waals surface area contributed by atoms with Gasteiger partial charge in [-0.25, -0.2) is 0 Å². The van der Waals surface area contributed by atoms with Crippen LogP contribution in [0, 0.1) is 6.92 Å². The zero-order valence-corrected chi connectivity index (χ0v) is 17.1. The van der Waals surface area contributed by atoms with Crippen LogP contribution in [-0.4, -0.2) is 24.7 Å². The van der Waals surface area contributed by atoms with E-state index in [2.05, 4.69) is 36.2 Å². The Kier molecular flexibility index (Phi) is 6.85. The van der Waals surface area contributed by atoms with Crippen molar-refractivity contribution in [2.75, 3.05) is 14.2 Å². The third-order valence-electron chi connectivity index (χ3n) is 4.73. The van der Waals surface area contributed by atoms with Crippen LogP contribution < -0.4 is 15.0 Å². The molecule has 29 heavy (non-hydrogen) atoms. The van der Waals surface area contributed by atoms with Gasteiger partial charge in [-0.05, 0) is 54.8 Å². The number of amides is 1. The average molecular weight is 390 g/mol. The van der Waals surface area contributed by atoms with Crippen molar-refractivity contribution in [2.24, 2.45) is 4.99 Å². The van der Waals surface area contributed by atoms with Gasteiger partial charge in [0.15, 0.2) is 0 Å². The third kappa shape index (κ3) is 5.57. The summed E-state index contributed by atoms with van der Waals surface area (Å²) in [4.78, 5) is 16.9. The number of aryl methyl sites for hydroxylation is 2. The third-order valence-corrected chi connectivity index (χ3v) is 4.73. The molecule has 5 heteroatoms. The summed E-state index contributed by atoms with van der Waals surface area (Å²) < 4.78 is 12.6. The minimum atomic E-state index is -0.168. The lowest BCUT2D eigenvalue weighted by atomic mass is 10.1. The highest BCUT2D eigenvalue weighted by atomic mass is 16.5. The molecule has 0 fully saturated rings. The molecule has 0 spiro atoms. The van der Waals surface area contributed by atoms with Crippen LogP contribution in [0.25, 0.3) is 0 Å². The molecule has 1 amide bonds. The molecule has 5 nitrogen and oxygen atoms in total. The lowest BCUT2D eigenvalue weighted by Crippen LogP contribution is -2.22. The normalized spacial score (nSPS) is 11.3. The van der Waals surface area contributed by atoms with E-state index in [1.165, 1.54) is 5.56 Å². The van der Waals surface area contributed by atoms with Crippen LogP contribution in [0.2, 0.25) is 0 Å². The molecule has 1 aromatic heterocycles. The second-order valence-electron chi connectivity index (χ2n) is 6.86. The zero-order valence-electron chi connectivity index (χ0n) is 17.1. The number of benzene rings is 2. The van der Waals surface area contributed by atoms with Crippen LogP contribution in [0.4, 0.5) is 0 Å². The first-order valence-corrected chi connectivity index (χ1v) is 9.58. The molecule has 3 aromatic rings. The molecule has 2 aromatic carbocycles. The topological polar surface area (TPSA) is 52.8 Å². The minimum Gasteiger partial charge on any atom is -0.497 e. The summed E-state index contributed by atoms with van der Waals surface area (Å²) in [6.45, 7) is 2.73. The standard InChI is InChI=1S/C24H26N2O3/c1-18-7-9-19(10-8-18)17-26-15-5-4-6-23(26)25-24(27)14-11-20-16-21(28-2)12-13-22(20)29-3/h4-10,12-13,15-16H,11,14,17H2,1-3H3. The maximum absolute atomic E-state index is 12.5. The number of rotatable bonds is 7. The fourth-order valence-electron chi connectivity index (χ4n) is 3.10. The monoisotopic (exact) mass is 390 g/mol. The minimum absolute atomic E-state index is 0.168. The molecule has 0 aliphatic heterocycles. The summed E-state index contributed by atoms with van der Waals surface area (Å²) in [5.41, 5.74) is 3.96. The second-order valence-corrected chi connectivity index (χ2v) is 6.86. The number of methoxy groups -OCH3 is 2. The second kappa shape index (κ2) is 9.73. The lowest BCUT2D eigenvalue weighted by molar-refractivity contribution is -0.118. The van der Waals surface area contributed by atoms with Gasteiger partial charge in [0.25, 0.3) is 0 Å². The first kappa shape index (κ1) is 20.4. The number of carbonyl (C=O) groups excluding carboxylic acids is 1. The van der Waals surface area contributed by atoms with E-state index >= 15 is 0 Å². The summed E-state index contributed by atoms with van der Waals surface area (Å²) in [6, 6.07) is 19.6. The van der Waals surface area contributed by atoms with Crippen molar-refractivity contribution in [3.8, 4) is 11.5 Å². The lowest BCUT2D eigenvalue weighted by Gasteiger charge is -2.10. The van der Waals surface area contributed by atoms with Gasteiger partial charge in [0.05, 0.1) is 14.2 Å². The number of hydrogen-bond acceptors (Lipinski definition) is 3. The van der Waals surface area contributed by atoms with Gasteiger partial charge in [-0.1, -0.05) is 35.9 Å². The fraction of sp³-hybridized carbons (Fsp3) is 0.250. The van der Waals surface area contributed by atoms with Gasteiger partial charge in [0, 0.05) is 19.2 Å². The van der Waals surface area contributed by atoms with Crippen molar-refractivity contribution in [1.82, 2.24) is 4.57 Å². The van der Waals surface area contributed by atoms with E-state index in [9.17, 15) is 4.79 Å². The highest BCUT2D eigenvalue weighted by molar-refractivity contribution is 5.77. The van der Waals surface area contributed by atoms with E-state index in [0.29, 0.717) is 24.9 Å². The maximum atomic E-state index is 12.5. The fourth-order valence-corrected chi connectivity index (χ4v) is 3.10. The van der Waals surface area contributed by atoms with Gasteiger partial charge in [-0.2, -0.15) is 4.99 Å². The van der Waals surface area contributed by atoms with Crippen LogP contribution in [0.3, 0.4) is 0 Å². The number of nitrogens with zero attached hydrogens (tertiary/aromatic N) is 2. The molecule has 0 atom stereocenters. The Balaban J connectivity index is 1.75. The van der Waals surface area contributed by atoms with Gasteiger partial charge in [-0.3, -0.25) is 4.79 Å². The Morgan fingerprint density at radius 2 is 1.79 bits per heavy atom. The van der Waals surface area contributed by atoms with Crippen molar-refractivity contribution in [2.45, 2.75) is 26.3 Å². The van der Waals surface area contributed by atoms with Crippen molar-refractivity contribution >= 4 is 5.91 Å². The van der Waals surface area contributed by atoms with E-state index in [1.807, 2.05) is 47.2 Å². The maximum Gasteiger partial charge on any atom is 0.247 e. The Morgan fingerprint density at radius 3 is 2.52 bits per heavy atom. The zero-order chi connectivity index (χ0) is 20.6. The number of carbonyl (C=O) groups is 1.